The van der Waals surface area contributed by atoms with E-state index in [0.717, 1.165) is 27.2 Å². The zero-order valence-corrected chi connectivity index (χ0v) is 13.4. The molecular weight excluding hydrogens is 355 g/mol. The number of rotatable bonds is 1. The molecule has 16 heavy (non-hydrogen) atoms. The van der Waals surface area contributed by atoms with Gasteiger partial charge in [-0.05, 0) is 25.5 Å². The molecule has 1 aromatic carbocycles. The summed E-state index contributed by atoms with van der Waals surface area (Å²) in [4.78, 5) is 0. The average molecular weight is 369 g/mol. The number of benzene rings is 1. The summed E-state index contributed by atoms with van der Waals surface area (Å²) in [6, 6.07) is 4.08. The van der Waals surface area contributed by atoms with Gasteiger partial charge in [0.15, 0.2) is 0 Å². The van der Waals surface area contributed by atoms with E-state index in [4.69, 9.17) is 11.6 Å². The van der Waals surface area contributed by atoms with Gasteiger partial charge in [-0.15, -0.1) is 0 Å². The van der Waals surface area contributed by atoms with E-state index in [1.165, 1.54) is 0 Å². The third-order valence-corrected chi connectivity index (χ3v) is 4.20. The molecule has 0 unspecified atom stereocenters. The second-order valence-electron chi connectivity index (χ2n) is 3.12. The van der Waals surface area contributed by atoms with Gasteiger partial charge in [-0.25, -0.2) is 0 Å². The predicted molar refractivity (Wildman–Crippen MR) is 82.6 cm³/mol. The first-order valence-corrected chi connectivity index (χ1v) is 8.78. The Morgan fingerprint density at radius 2 is 1.94 bits per heavy atom. The van der Waals surface area contributed by atoms with Crippen LogP contribution in [0.15, 0.2) is 12.1 Å². The molecule has 0 spiro atoms. The minimum atomic E-state index is 0.816. The van der Waals surface area contributed by atoms with Crippen LogP contribution in [0.25, 0.3) is 10.9 Å². The lowest BCUT2D eigenvalue weighted by Gasteiger charge is -2.00. The Morgan fingerprint density at radius 1 is 1.31 bits per heavy atom. The molecule has 0 N–H and O–H groups in total. The first-order chi connectivity index (χ1) is 7.65. The number of halogens is 2. The van der Waals surface area contributed by atoms with Crippen molar-refractivity contribution in [2.45, 2.75) is 27.7 Å². The van der Waals surface area contributed by atoms with Gasteiger partial charge in [0.05, 0.1) is 16.2 Å². The maximum absolute atomic E-state index is 6.24. The minimum Gasteiger partial charge on any atom is -0.196 e. The van der Waals surface area contributed by atoms with E-state index in [9.17, 15) is 0 Å². The third-order valence-electron chi connectivity index (χ3n) is 2.19. The summed E-state index contributed by atoms with van der Waals surface area (Å²) < 4.78 is 1.89. The van der Waals surface area contributed by atoms with Crippen LogP contribution in [-0.4, -0.2) is 9.19 Å². The maximum atomic E-state index is 6.24. The Labute approximate surface area is 117 Å². The molecule has 1 aromatic heterocycles. The van der Waals surface area contributed by atoms with Gasteiger partial charge < -0.3 is 0 Å². The van der Waals surface area contributed by atoms with E-state index in [0.29, 0.717) is 0 Å². The normalized spacial score (nSPS) is 10.1. The highest BCUT2D eigenvalue weighted by atomic mass is 127. The van der Waals surface area contributed by atoms with E-state index >= 15 is 0 Å². The second kappa shape index (κ2) is 6.12. The molecular formula is C11H14ClIN2S. The van der Waals surface area contributed by atoms with Crippen molar-refractivity contribution in [1.29, 1.82) is 0 Å². The molecule has 88 valence electrons. The third kappa shape index (κ3) is 2.49. The number of nitrogens with zero attached hydrogens (tertiary/aromatic N) is 2. The Morgan fingerprint density at radius 3 is 2.50 bits per heavy atom. The molecule has 2 nitrogen and oxygen atoms in total. The highest BCUT2D eigenvalue weighted by molar-refractivity contribution is 14.2. The van der Waals surface area contributed by atoms with Crippen LogP contribution in [0.3, 0.4) is 0 Å². The molecule has 0 radical (unpaired) electrons. The molecule has 0 aliphatic rings. The summed E-state index contributed by atoms with van der Waals surface area (Å²) >= 11 is 8.45. The lowest BCUT2D eigenvalue weighted by Crippen LogP contribution is -1.84. The molecule has 0 bridgehead atoms. The fourth-order valence-corrected chi connectivity index (χ4v) is 3.04. The highest BCUT2D eigenvalue weighted by Crippen LogP contribution is 2.32. The second-order valence-corrected chi connectivity index (χ2v) is 5.16. The van der Waals surface area contributed by atoms with Gasteiger partial charge in [-0.3, -0.25) is 0 Å². The molecule has 2 aromatic rings. The highest BCUT2D eigenvalue weighted by Gasteiger charge is 2.11. The molecule has 2 rings (SSSR count). The van der Waals surface area contributed by atoms with Crippen LogP contribution in [0.1, 0.15) is 25.1 Å². The number of hydrogen-bond acceptors (Lipinski definition) is 2. The fourth-order valence-electron chi connectivity index (χ4n) is 1.47. The molecule has 0 saturated carbocycles. The maximum Gasteiger partial charge on any atom is 0.0838 e. The zero-order chi connectivity index (χ0) is 12.3. The lowest BCUT2D eigenvalue weighted by molar-refractivity contribution is 1.01. The standard InChI is InChI=1S/C9H8ClIN2S.C2H6/c1-5-3-4-7-8(9(5)10)6(2)12-13(7)14-11;1-2/h3-4H,1-2H3;1-2H3. The topological polar surface area (TPSA) is 17.8 Å². The first kappa shape index (κ1) is 14.1. The van der Waals surface area contributed by atoms with Gasteiger partial charge in [0.2, 0.25) is 0 Å². The van der Waals surface area contributed by atoms with Gasteiger partial charge in [0.1, 0.15) is 0 Å². The first-order valence-electron chi connectivity index (χ1n) is 5.08. The Bertz CT molecular complexity index is 496. The smallest absolute Gasteiger partial charge is 0.0838 e. The monoisotopic (exact) mass is 368 g/mol. The van der Waals surface area contributed by atoms with Crippen molar-refractivity contribution in [2.24, 2.45) is 0 Å². The summed E-state index contributed by atoms with van der Waals surface area (Å²) in [6.07, 6.45) is 0. The number of aromatic nitrogens is 2. The SMILES string of the molecule is CC.Cc1ccc2c(c(C)nn2SI)c1Cl. The van der Waals surface area contributed by atoms with Crippen molar-refractivity contribution in [2.75, 3.05) is 0 Å². The van der Waals surface area contributed by atoms with Crippen molar-refractivity contribution in [3.63, 3.8) is 0 Å². The van der Waals surface area contributed by atoms with E-state index < -0.39 is 0 Å². The molecule has 0 saturated heterocycles. The molecule has 0 aliphatic carbocycles. The van der Waals surface area contributed by atoms with Crippen molar-refractivity contribution < 1.29 is 0 Å². The van der Waals surface area contributed by atoms with E-state index in [1.807, 2.05) is 37.8 Å². The summed E-state index contributed by atoms with van der Waals surface area (Å²) in [5.41, 5.74) is 3.16. The lowest BCUT2D eigenvalue weighted by atomic mass is 10.1. The Kier molecular flexibility index (Phi) is 5.40. The summed E-state index contributed by atoms with van der Waals surface area (Å²) in [7, 11) is 1.55. The number of aryl methyl sites for hydroxylation is 2. The van der Waals surface area contributed by atoms with Crippen molar-refractivity contribution in [3.05, 3.63) is 28.4 Å². The van der Waals surface area contributed by atoms with E-state index in [-0.39, 0.29) is 0 Å². The fraction of sp³-hybridized carbons (Fsp3) is 0.364. The minimum absolute atomic E-state index is 0.816. The van der Waals surface area contributed by atoms with Crippen LogP contribution in [-0.2, 0) is 0 Å². The van der Waals surface area contributed by atoms with Gasteiger partial charge in [0, 0.05) is 35.7 Å². The van der Waals surface area contributed by atoms with Gasteiger partial charge in [-0.2, -0.15) is 9.19 Å². The van der Waals surface area contributed by atoms with Gasteiger partial charge in [0.25, 0.3) is 0 Å². The summed E-state index contributed by atoms with van der Waals surface area (Å²) in [6.45, 7) is 7.99. The molecule has 0 aliphatic heterocycles. The number of hydrogen-bond donors (Lipinski definition) is 0. The molecule has 5 heteroatoms. The van der Waals surface area contributed by atoms with Crippen molar-refractivity contribution in [1.82, 2.24) is 9.19 Å². The van der Waals surface area contributed by atoms with Crippen LogP contribution < -0.4 is 0 Å². The Hall–Kier alpha value is 0.0600. The van der Waals surface area contributed by atoms with Gasteiger partial charge in [-0.1, -0.05) is 31.5 Å². The summed E-state index contributed by atoms with van der Waals surface area (Å²) in [5, 5.41) is 6.28. The van der Waals surface area contributed by atoms with Crippen LogP contribution >= 0.6 is 41.9 Å². The van der Waals surface area contributed by atoms with Crippen molar-refractivity contribution >= 4 is 52.8 Å². The van der Waals surface area contributed by atoms with Crippen LogP contribution in [0.5, 0.6) is 0 Å². The molecule has 1 heterocycles. The van der Waals surface area contributed by atoms with E-state index in [1.54, 1.807) is 9.12 Å². The van der Waals surface area contributed by atoms with E-state index in [2.05, 4.69) is 32.4 Å². The largest absolute Gasteiger partial charge is 0.196 e. The van der Waals surface area contributed by atoms with Crippen LogP contribution in [0.2, 0.25) is 5.02 Å². The molecule has 0 fully saturated rings. The number of fused-ring (bicyclic) bond motifs is 1. The quantitative estimate of drug-likeness (QED) is 0.646. The van der Waals surface area contributed by atoms with Crippen LogP contribution in [0.4, 0.5) is 0 Å². The zero-order valence-electron chi connectivity index (χ0n) is 9.71. The predicted octanol–water partition coefficient (Wildman–Crippen LogP) is 5.18. The average Bonchev–Trinajstić information content (AvgIpc) is 2.64. The summed E-state index contributed by atoms with van der Waals surface area (Å²) in [5.74, 6) is 0. The van der Waals surface area contributed by atoms with Crippen molar-refractivity contribution in [3.8, 4) is 0 Å². The van der Waals surface area contributed by atoms with Gasteiger partial charge >= 0.3 is 0 Å². The molecule has 0 amide bonds. The molecule has 0 atom stereocenters. The Balaban J connectivity index is 0.000000606. The van der Waals surface area contributed by atoms with Crippen LogP contribution in [0, 0.1) is 13.8 Å².